The van der Waals surface area contributed by atoms with Gasteiger partial charge in [-0.1, -0.05) is 0 Å². The van der Waals surface area contributed by atoms with Gasteiger partial charge in [0.2, 0.25) is 5.43 Å². The van der Waals surface area contributed by atoms with E-state index in [2.05, 4.69) is 4.98 Å². The Bertz CT molecular complexity index is 693. The maximum atomic E-state index is 12.0. The molecule has 2 rings (SSSR count). The third kappa shape index (κ3) is 2.07. The third-order valence-corrected chi connectivity index (χ3v) is 2.66. The van der Waals surface area contributed by atoms with Crippen molar-refractivity contribution in [3.05, 3.63) is 39.7 Å². The number of nitriles is 1. The van der Waals surface area contributed by atoms with Crippen LogP contribution >= 0.6 is 0 Å². The molecule has 0 saturated heterocycles. The van der Waals surface area contributed by atoms with Gasteiger partial charge in [-0.2, -0.15) is 5.26 Å². The summed E-state index contributed by atoms with van der Waals surface area (Å²) >= 11 is 0. The highest BCUT2D eigenvalue weighted by molar-refractivity contribution is 5.82. The number of aromatic nitrogens is 1. The van der Waals surface area contributed by atoms with Gasteiger partial charge in [-0.05, 0) is 32.4 Å². The van der Waals surface area contributed by atoms with Gasteiger partial charge in [-0.3, -0.25) is 4.79 Å². The van der Waals surface area contributed by atoms with Crippen LogP contribution in [0.4, 0.5) is 0 Å². The number of pyridine rings is 1. The van der Waals surface area contributed by atoms with Gasteiger partial charge in [-0.25, -0.2) is 0 Å². The quantitative estimate of drug-likeness (QED) is 0.879. The smallest absolute Gasteiger partial charge is 0.207 e. The summed E-state index contributed by atoms with van der Waals surface area (Å²) < 4.78 is 5.66. The van der Waals surface area contributed by atoms with Crippen LogP contribution in [0.25, 0.3) is 10.9 Å². The summed E-state index contributed by atoms with van der Waals surface area (Å²) in [5.74, 6) is 0.748. The first-order valence-corrected chi connectivity index (χ1v) is 5.75. The first-order valence-electron chi connectivity index (χ1n) is 5.75. The van der Waals surface area contributed by atoms with E-state index >= 15 is 0 Å². The number of nitrogens with zero attached hydrogens (tertiary/aromatic N) is 1. The molecule has 0 aliphatic heterocycles. The molecule has 0 saturated carbocycles. The lowest BCUT2D eigenvalue weighted by Gasteiger charge is -2.13. The maximum absolute atomic E-state index is 12.0. The second-order valence-electron chi connectivity index (χ2n) is 4.47. The minimum absolute atomic E-state index is 0.0752. The first-order chi connectivity index (χ1) is 8.52. The van der Waals surface area contributed by atoms with Crippen molar-refractivity contribution in [3.8, 4) is 11.8 Å². The van der Waals surface area contributed by atoms with Gasteiger partial charge < -0.3 is 9.72 Å². The zero-order valence-corrected chi connectivity index (χ0v) is 10.6. The third-order valence-electron chi connectivity index (χ3n) is 2.66. The Morgan fingerprint density at radius 3 is 2.72 bits per heavy atom. The van der Waals surface area contributed by atoms with E-state index < -0.39 is 0 Å². The number of aryl methyl sites for hydroxylation is 1. The number of fused-ring (bicyclic) bond motifs is 1. The highest BCUT2D eigenvalue weighted by atomic mass is 16.5. The van der Waals surface area contributed by atoms with Crippen LogP contribution in [0.5, 0.6) is 5.75 Å². The molecule has 0 aliphatic carbocycles. The molecular formula is C14H14N2O2. The Morgan fingerprint density at radius 2 is 2.11 bits per heavy atom. The van der Waals surface area contributed by atoms with Gasteiger partial charge in [0.05, 0.1) is 11.6 Å². The van der Waals surface area contributed by atoms with Crippen LogP contribution in [0.3, 0.4) is 0 Å². The van der Waals surface area contributed by atoms with Crippen LogP contribution in [-0.2, 0) is 0 Å². The Balaban J connectivity index is 2.69. The molecule has 1 aromatic carbocycles. The SMILES string of the molecule is Cc1cc2c(=O)c(C#N)c[nH]c2cc1OC(C)C. The van der Waals surface area contributed by atoms with Crippen molar-refractivity contribution in [2.75, 3.05) is 0 Å². The molecule has 18 heavy (non-hydrogen) atoms. The molecule has 0 spiro atoms. The highest BCUT2D eigenvalue weighted by Gasteiger charge is 2.09. The lowest BCUT2D eigenvalue weighted by molar-refractivity contribution is 0.241. The molecule has 2 aromatic rings. The van der Waals surface area contributed by atoms with E-state index in [0.29, 0.717) is 10.9 Å². The summed E-state index contributed by atoms with van der Waals surface area (Å²) in [6.45, 7) is 5.78. The largest absolute Gasteiger partial charge is 0.491 e. The maximum Gasteiger partial charge on any atom is 0.207 e. The molecule has 4 nitrogen and oxygen atoms in total. The number of hydrogen-bond acceptors (Lipinski definition) is 3. The monoisotopic (exact) mass is 242 g/mol. The van der Waals surface area contributed by atoms with Crippen LogP contribution in [0.2, 0.25) is 0 Å². The Hall–Kier alpha value is -2.28. The molecule has 0 amide bonds. The molecule has 4 heteroatoms. The Kier molecular flexibility index (Phi) is 3.07. The van der Waals surface area contributed by atoms with Crippen molar-refractivity contribution in [1.82, 2.24) is 4.98 Å². The van der Waals surface area contributed by atoms with E-state index in [1.807, 2.05) is 26.8 Å². The van der Waals surface area contributed by atoms with Crippen LogP contribution in [0.1, 0.15) is 25.0 Å². The number of H-pyrrole nitrogens is 1. The van der Waals surface area contributed by atoms with Gasteiger partial charge >= 0.3 is 0 Å². The lowest BCUT2D eigenvalue weighted by Crippen LogP contribution is -2.10. The zero-order valence-electron chi connectivity index (χ0n) is 10.6. The van der Waals surface area contributed by atoms with E-state index in [9.17, 15) is 4.79 Å². The molecule has 0 radical (unpaired) electrons. The molecule has 92 valence electrons. The fraction of sp³-hybridized carbons (Fsp3) is 0.286. The predicted molar refractivity (Wildman–Crippen MR) is 69.8 cm³/mol. The lowest BCUT2D eigenvalue weighted by atomic mass is 10.1. The van der Waals surface area contributed by atoms with Crippen molar-refractivity contribution in [2.24, 2.45) is 0 Å². The number of ether oxygens (including phenoxy) is 1. The van der Waals surface area contributed by atoms with Crippen LogP contribution in [-0.4, -0.2) is 11.1 Å². The summed E-state index contributed by atoms with van der Waals surface area (Å²) in [7, 11) is 0. The second-order valence-corrected chi connectivity index (χ2v) is 4.47. The van der Waals surface area contributed by atoms with Crippen LogP contribution in [0.15, 0.2) is 23.1 Å². The van der Waals surface area contributed by atoms with E-state index in [4.69, 9.17) is 10.00 Å². The number of nitrogens with one attached hydrogen (secondary N) is 1. The van der Waals surface area contributed by atoms with Gasteiger partial charge in [0, 0.05) is 17.6 Å². The average molecular weight is 242 g/mol. The van der Waals surface area contributed by atoms with Crippen molar-refractivity contribution >= 4 is 10.9 Å². The first kappa shape index (κ1) is 12.2. The fourth-order valence-corrected chi connectivity index (χ4v) is 1.82. The molecule has 0 fully saturated rings. The summed E-state index contributed by atoms with van der Waals surface area (Å²) in [5, 5.41) is 9.34. The van der Waals surface area contributed by atoms with Crippen molar-refractivity contribution in [2.45, 2.75) is 26.9 Å². The Labute approximate surface area is 105 Å². The summed E-state index contributed by atoms with van der Waals surface area (Å²) in [6, 6.07) is 5.43. The van der Waals surface area contributed by atoms with Crippen LogP contribution in [0, 0.1) is 18.3 Å². The van der Waals surface area contributed by atoms with Gasteiger partial charge in [0.1, 0.15) is 17.4 Å². The predicted octanol–water partition coefficient (Wildman–Crippen LogP) is 2.50. The average Bonchev–Trinajstić information content (AvgIpc) is 2.31. The number of benzene rings is 1. The van der Waals surface area contributed by atoms with Crippen molar-refractivity contribution in [3.63, 3.8) is 0 Å². The molecule has 0 aliphatic rings. The van der Waals surface area contributed by atoms with E-state index in [1.54, 1.807) is 12.1 Å². The number of hydrogen-bond donors (Lipinski definition) is 1. The normalized spacial score (nSPS) is 10.6. The van der Waals surface area contributed by atoms with Gasteiger partial charge in [-0.15, -0.1) is 0 Å². The van der Waals surface area contributed by atoms with Crippen molar-refractivity contribution < 1.29 is 4.74 Å². The highest BCUT2D eigenvalue weighted by Crippen LogP contribution is 2.23. The standard InChI is InChI=1S/C14H14N2O2/c1-8(2)18-13-5-12-11(4-9(13)3)14(17)10(6-15)7-16-12/h4-5,7-8H,1-3H3,(H,16,17). The Morgan fingerprint density at radius 1 is 1.39 bits per heavy atom. The molecule has 1 heterocycles. The summed E-state index contributed by atoms with van der Waals surface area (Å²) in [4.78, 5) is 14.9. The molecule has 1 aromatic heterocycles. The molecule has 1 N–H and O–H groups in total. The van der Waals surface area contributed by atoms with E-state index in [0.717, 1.165) is 11.3 Å². The minimum Gasteiger partial charge on any atom is -0.491 e. The van der Waals surface area contributed by atoms with Crippen molar-refractivity contribution in [1.29, 1.82) is 5.26 Å². The fourth-order valence-electron chi connectivity index (χ4n) is 1.82. The topological polar surface area (TPSA) is 65.9 Å². The van der Waals surface area contributed by atoms with Gasteiger partial charge in [0.15, 0.2) is 0 Å². The van der Waals surface area contributed by atoms with Gasteiger partial charge in [0.25, 0.3) is 0 Å². The summed E-state index contributed by atoms with van der Waals surface area (Å²) in [5.41, 5.74) is 1.45. The number of aromatic amines is 1. The second kappa shape index (κ2) is 4.53. The zero-order chi connectivity index (χ0) is 13.3. The molecular weight excluding hydrogens is 228 g/mol. The molecule has 0 unspecified atom stereocenters. The summed E-state index contributed by atoms with van der Waals surface area (Å²) in [6.07, 6.45) is 1.50. The van der Waals surface area contributed by atoms with E-state index in [1.165, 1.54) is 6.20 Å². The number of rotatable bonds is 2. The molecule has 0 bridgehead atoms. The molecule has 0 atom stereocenters. The minimum atomic E-state index is -0.245. The van der Waals surface area contributed by atoms with Crippen LogP contribution < -0.4 is 10.2 Å². The van der Waals surface area contributed by atoms with E-state index in [-0.39, 0.29) is 17.1 Å².